The summed E-state index contributed by atoms with van der Waals surface area (Å²) >= 11 is 0. The Morgan fingerprint density at radius 3 is 2.18 bits per heavy atom. The zero-order valence-corrected chi connectivity index (χ0v) is 18.5. The van der Waals surface area contributed by atoms with Crippen LogP contribution in [0.25, 0.3) is 0 Å². The lowest BCUT2D eigenvalue weighted by atomic mass is 10.1. The van der Waals surface area contributed by atoms with Gasteiger partial charge in [0.25, 0.3) is 11.5 Å². The van der Waals surface area contributed by atoms with E-state index in [1.54, 1.807) is 6.92 Å². The van der Waals surface area contributed by atoms with Crippen molar-refractivity contribution in [3.8, 4) is 0 Å². The highest BCUT2D eigenvalue weighted by Gasteiger charge is 2.30. The van der Waals surface area contributed by atoms with Crippen molar-refractivity contribution in [3.63, 3.8) is 0 Å². The van der Waals surface area contributed by atoms with Crippen LogP contribution in [0.15, 0.2) is 64.2 Å². The van der Waals surface area contributed by atoms with E-state index >= 15 is 0 Å². The molecule has 3 N–H and O–H groups in total. The number of anilines is 3. The van der Waals surface area contributed by atoms with Crippen LogP contribution >= 0.6 is 0 Å². The Labute approximate surface area is 194 Å². The molecule has 1 aliphatic heterocycles. The predicted octanol–water partition coefficient (Wildman–Crippen LogP) is 1.49. The lowest BCUT2D eigenvalue weighted by molar-refractivity contribution is -0.121. The summed E-state index contributed by atoms with van der Waals surface area (Å²) < 4.78 is 1.20. The number of rotatable bonds is 6. The average Bonchev–Trinajstić information content (AvgIpc) is 3.17. The number of carbonyl (C=O) groups excluding carboxylic acids is 3. The Bertz CT molecular complexity index is 1360. The van der Waals surface area contributed by atoms with Gasteiger partial charge < -0.3 is 10.6 Å². The van der Waals surface area contributed by atoms with Gasteiger partial charge in [0.05, 0.1) is 12.2 Å². The van der Waals surface area contributed by atoms with E-state index in [4.69, 9.17) is 5.73 Å². The van der Waals surface area contributed by atoms with Crippen LogP contribution in [0.2, 0.25) is 0 Å². The van der Waals surface area contributed by atoms with Gasteiger partial charge in [0, 0.05) is 24.9 Å². The van der Waals surface area contributed by atoms with Crippen molar-refractivity contribution in [2.24, 2.45) is 0 Å². The number of benzene rings is 2. The first-order valence-electron chi connectivity index (χ1n) is 10.8. The summed E-state index contributed by atoms with van der Waals surface area (Å²) in [5.74, 6) is -1.23. The average molecular weight is 461 g/mol. The van der Waals surface area contributed by atoms with Gasteiger partial charge in [-0.3, -0.25) is 33.6 Å². The smallest absolute Gasteiger partial charge is 0.330 e. The summed E-state index contributed by atoms with van der Waals surface area (Å²) in [5, 5.41) is 0. The monoisotopic (exact) mass is 461 g/mol. The topological polar surface area (TPSA) is 139 Å². The van der Waals surface area contributed by atoms with Crippen molar-refractivity contribution < 1.29 is 14.4 Å². The van der Waals surface area contributed by atoms with Crippen LogP contribution in [0.1, 0.15) is 35.7 Å². The standard InChI is InChI=1S/C24H23N5O5/c1-2-27(23(33)16-8-10-17(11-9-16)29-18(30)12-13-19(29)31)20-21(25)28(24(34)26-22(20)32)14-15-6-4-3-5-7-15/h3-11H,2,12-14,25H2,1H3,(H,26,32,34). The lowest BCUT2D eigenvalue weighted by Gasteiger charge is -2.23. The van der Waals surface area contributed by atoms with E-state index in [1.165, 1.54) is 33.7 Å². The van der Waals surface area contributed by atoms with Gasteiger partial charge in [-0.15, -0.1) is 0 Å². The molecule has 0 radical (unpaired) electrons. The van der Waals surface area contributed by atoms with E-state index in [2.05, 4.69) is 4.98 Å². The largest absolute Gasteiger partial charge is 0.383 e. The molecule has 0 atom stereocenters. The van der Waals surface area contributed by atoms with E-state index in [-0.39, 0.29) is 54.8 Å². The zero-order chi connectivity index (χ0) is 24.4. The maximum Gasteiger partial charge on any atom is 0.330 e. The Morgan fingerprint density at radius 2 is 1.59 bits per heavy atom. The number of nitrogens with one attached hydrogen (secondary N) is 1. The van der Waals surface area contributed by atoms with Gasteiger partial charge in [-0.05, 0) is 36.8 Å². The molecule has 10 heteroatoms. The lowest BCUT2D eigenvalue weighted by Crippen LogP contribution is -2.41. The van der Waals surface area contributed by atoms with Crippen molar-refractivity contribution in [1.82, 2.24) is 9.55 Å². The number of hydrogen-bond acceptors (Lipinski definition) is 6. The fraction of sp³-hybridized carbons (Fsp3) is 0.208. The number of hydrogen-bond donors (Lipinski definition) is 2. The number of nitrogen functional groups attached to an aromatic ring is 1. The second kappa shape index (κ2) is 9.18. The van der Waals surface area contributed by atoms with Crippen molar-refractivity contribution in [2.45, 2.75) is 26.3 Å². The molecule has 0 saturated carbocycles. The number of nitrogens with two attached hydrogens (primary N) is 1. The predicted molar refractivity (Wildman–Crippen MR) is 127 cm³/mol. The fourth-order valence-electron chi connectivity index (χ4n) is 3.94. The van der Waals surface area contributed by atoms with E-state index in [0.29, 0.717) is 5.69 Å². The van der Waals surface area contributed by atoms with E-state index < -0.39 is 17.2 Å². The van der Waals surface area contributed by atoms with E-state index in [0.717, 1.165) is 10.5 Å². The van der Waals surface area contributed by atoms with Gasteiger partial charge in [0.1, 0.15) is 5.82 Å². The van der Waals surface area contributed by atoms with Gasteiger partial charge in [-0.1, -0.05) is 30.3 Å². The first-order chi connectivity index (χ1) is 16.3. The molecule has 0 aliphatic carbocycles. The molecular formula is C24H23N5O5. The third-order valence-corrected chi connectivity index (χ3v) is 5.65. The van der Waals surface area contributed by atoms with Crippen LogP contribution in [0.3, 0.4) is 0 Å². The summed E-state index contributed by atoms with van der Waals surface area (Å²) in [5.41, 5.74) is 6.05. The van der Waals surface area contributed by atoms with E-state index in [9.17, 15) is 24.0 Å². The van der Waals surface area contributed by atoms with Gasteiger partial charge in [-0.2, -0.15) is 0 Å². The molecule has 0 bridgehead atoms. The fourth-order valence-corrected chi connectivity index (χ4v) is 3.94. The molecule has 2 heterocycles. The minimum atomic E-state index is -0.771. The first-order valence-corrected chi connectivity index (χ1v) is 10.8. The van der Waals surface area contributed by atoms with Gasteiger partial charge in [0.2, 0.25) is 11.8 Å². The van der Waals surface area contributed by atoms with Crippen molar-refractivity contribution in [1.29, 1.82) is 0 Å². The Hall–Kier alpha value is -4.47. The molecule has 2 aromatic carbocycles. The highest BCUT2D eigenvalue weighted by Crippen LogP contribution is 2.25. The summed E-state index contributed by atoms with van der Waals surface area (Å²) in [4.78, 5) is 66.8. The number of aromatic nitrogens is 2. The third kappa shape index (κ3) is 4.13. The zero-order valence-electron chi connectivity index (χ0n) is 18.5. The molecule has 34 heavy (non-hydrogen) atoms. The Morgan fingerprint density at radius 1 is 0.971 bits per heavy atom. The second-order valence-electron chi connectivity index (χ2n) is 7.78. The molecule has 0 unspecified atom stereocenters. The van der Waals surface area contributed by atoms with Gasteiger partial charge in [-0.25, -0.2) is 4.79 Å². The highest BCUT2D eigenvalue weighted by atomic mass is 16.2. The minimum Gasteiger partial charge on any atom is -0.383 e. The van der Waals surface area contributed by atoms with Crippen LogP contribution in [0.5, 0.6) is 0 Å². The molecule has 1 saturated heterocycles. The maximum absolute atomic E-state index is 13.3. The molecule has 1 aromatic heterocycles. The van der Waals surface area contributed by atoms with Gasteiger partial charge >= 0.3 is 5.69 Å². The molecule has 3 aromatic rings. The highest BCUT2D eigenvalue weighted by molar-refractivity contribution is 6.20. The summed E-state index contributed by atoms with van der Waals surface area (Å²) in [6, 6.07) is 15.1. The number of imide groups is 1. The van der Waals surface area contributed by atoms with Crippen LogP contribution in [-0.4, -0.2) is 33.8 Å². The van der Waals surface area contributed by atoms with Gasteiger partial charge in [0.15, 0.2) is 5.69 Å². The van der Waals surface area contributed by atoms with Crippen LogP contribution in [-0.2, 0) is 16.1 Å². The molecule has 1 fully saturated rings. The summed E-state index contributed by atoms with van der Waals surface area (Å²) in [6.07, 6.45) is 0.313. The van der Waals surface area contributed by atoms with E-state index in [1.807, 2.05) is 30.3 Å². The molecule has 0 spiro atoms. The number of H-pyrrole nitrogens is 1. The molecule has 1 aliphatic rings. The Balaban J connectivity index is 1.68. The number of amides is 3. The molecule has 10 nitrogen and oxygen atoms in total. The first kappa shape index (κ1) is 22.7. The van der Waals surface area contributed by atoms with Crippen molar-refractivity contribution >= 4 is 34.9 Å². The second-order valence-corrected chi connectivity index (χ2v) is 7.78. The van der Waals surface area contributed by atoms with Crippen molar-refractivity contribution in [3.05, 3.63) is 86.6 Å². The minimum absolute atomic E-state index is 0.112. The normalized spacial score (nSPS) is 13.4. The maximum atomic E-state index is 13.3. The third-order valence-electron chi connectivity index (χ3n) is 5.65. The van der Waals surface area contributed by atoms with Crippen molar-refractivity contribution in [2.75, 3.05) is 22.1 Å². The number of aromatic amines is 1. The van der Waals surface area contributed by atoms with Crippen LogP contribution < -0.4 is 26.8 Å². The number of carbonyl (C=O) groups is 3. The summed E-state index contributed by atoms with van der Waals surface area (Å²) in [7, 11) is 0. The SMILES string of the molecule is CCN(C(=O)c1ccc(N2C(=O)CCC2=O)cc1)c1c(N)n(Cc2ccccc2)c(=O)[nH]c1=O. The molecule has 174 valence electrons. The van der Waals surface area contributed by atoms with Crippen LogP contribution in [0.4, 0.5) is 17.2 Å². The molecular weight excluding hydrogens is 438 g/mol. The van der Waals surface area contributed by atoms with Crippen LogP contribution in [0, 0.1) is 0 Å². The summed E-state index contributed by atoms with van der Waals surface area (Å²) in [6.45, 7) is 1.91. The Kier molecular flexibility index (Phi) is 6.13. The quantitative estimate of drug-likeness (QED) is 0.533. The molecule has 4 rings (SSSR count). The number of nitrogens with zero attached hydrogens (tertiary/aromatic N) is 3. The molecule has 3 amide bonds.